The highest BCUT2D eigenvalue weighted by atomic mass is 16.5. The van der Waals surface area contributed by atoms with Crippen molar-refractivity contribution in [2.45, 2.75) is 25.4 Å². The number of hydrogen-bond acceptors (Lipinski definition) is 4. The largest absolute Gasteiger partial charge is 0.508 e. The van der Waals surface area contributed by atoms with Gasteiger partial charge >= 0.3 is 0 Å². The molecule has 1 aliphatic heterocycles. The lowest BCUT2D eigenvalue weighted by atomic mass is 10.2. The van der Waals surface area contributed by atoms with Crippen molar-refractivity contribution in [1.29, 1.82) is 0 Å². The van der Waals surface area contributed by atoms with E-state index in [1.165, 1.54) is 12.8 Å². The third-order valence-corrected chi connectivity index (χ3v) is 3.25. The van der Waals surface area contributed by atoms with Crippen LogP contribution in [-0.4, -0.2) is 27.5 Å². The number of aromatic hydroxyl groups is 1. The van der Waals surface area contributed by atoms with Gasteiger partial charge in [0, 0.05) is 6.04 Å². The normalized spacial score (nSPS) is 18.6. The molecular weight excluding hydrogens is 242 g/mol. The summed E-state index contributed by atoms with van der Waals surface area (Å²) in [5.74, 6) is 1.63. The van der Waals surface area contributed by atoms with E-state index in [1.54, 1.807) is 30.5 Å². The lowest BCUT2D eigenvalue weighted by Gasteiger charge is -2.09. The molecule has 3 rings (SSSR count). The quantitative estimate of drug-likeness (QED) is 0.883. The molecule has 0 radical (unpaired) electrons. The highest BCUT2D eigenvalue weighted by molar-refractivity contribution is 5.33. The van der Waals surface area contributed by atoms with E-state index in [1.807, 2.05) is 10.9 Å². The fourth-order valence-corrected chi connectivity index (χ4v) is 2.29. The van der Waals surface area contributed by atoms with Gasteiger partial charge in [-0.05, 0) is 43.7 Å². The molecule has 1 aromatic heterocycles. The maximum absolute atomic E-state index is 9.21. The third kappa shape index (κ3) is 3.06. The average molecular weight is 259 g/mol. The lowest BCUT2D eigenvalue weighted by Crippen LogP contribution is -2.26. The van der Waals surface area contributed by atoms with Crippen molar-refractivity contribution in [3.8, 4) is 17.2 Å². The zero-order valence-corrected chi connectivity index (χ0v) is 10.6. The molecule has 19 heavy (non-hydrogen) atoms. The summed E-state index contributed by atoms with van der Waals surface area (Å²) in [6, 6.07) is 7.17. The molecular formula is C14H17N3O2. The molecule has 1 unspecified atom stereocenters. The van der Waals surface area contributed by atoms with Crippen molar-refractivity contribution in [3.05, 3.63) is 36.7 Å². The number of benzene rings is 1. The van der Waals surface area contributed by atoms with E-state index >= 15 is 0 Å². The molecule has 1 aromatic carbocycles. The van der Waals surface area contributed by atoms with Crippen LogP contribution in [0.4, 0.5) is 0 Å². The molecule has 100 valence electrons. The van der Waals surface area contributed by atoms with E-state index in [4.69, 9.17) is 4.74 Å². The summed E-state index contributed by atoms with van der Waals surface area (Å²) < 4.78 is 7.57. The zero-order valence-electron chi connectivity index (χ0n) is 10.6. The molecule has 0 aliphatic carbocycles. The minimum Gasteiger partial charge on any atom is -0.508 e. The van der Waals surface area contributed by atoms with Gasteiger partial charge in [-0.2, -0.15) is 5.10 Å². The maximum Gasteiger partial charge on any atom is 0.165 e. The summed E-state index contributed by atoms with van der Waals surface area (Å²) in [6.07, 6.45) is 6.05. The van der Waals surface area contributed by atoms with E-state index in [0.29, 0.717) is 17.5 Å². The molecule has 1 aliphatic rings. The molecule has 2 N–H and O–H groups in total. The predicted molar refractivity (Wildman–Crippen MR) is 71.4 cm³/mol. The van der Waals surface area contributed by atoms with Crippen molar-refractivity contribution in [3.63, 3.8) is 0 Å². The Bertz CT molecular complexity index is 530. The van der Waals surface area contributed by atoms with E-state index in [9.17, 15) is 5.11 Å². The second-order valence-corrected chi connectivity index (χ2v) is 4.79. The minimum atomic E-state index is 0.232. The van der Waals surface area contributed by atoms with Crippen LogP contribution in [0.15, 0.2) is 36.7 Å². The Kier molecular flexibility index (Phi) is 3.37. The summed E-state index contributed by atoms with van der Waals surface area (Å²) in [5.41, 5.74) is 0. The van der Waals surface area contributed by atoms with Crippen molar-refractivity contribution in [1.82, 2.24) is 15.1 Å². The summed E-state index contributed by atoms with van der Waals surface area (Å²) >= 11 is 0. The van der Waals surface area contributed by atoms with E-state index in [-0.39, 0.29) is 5.75 Å². The van der Waals surface area contributed by atoms with E-state index in [0.717, 1.165) is 13.1 Å². The van der Waals surface area contributed by atoms with Crippen LogP contribution >= 0.6 is 0 Å². The van der Waals surface area contributed by atoms with Crippen molar-refractivity contribution in [2.75, 3.05) is 6.54 Å². The Hall–Kier alpha value is -2.01. The Morgan fingerprint density at radius 2 is 2.16 bits per heavy atom. The summed E-state index contributed by atoms with van der Waals surface area (Å²) in [4.78, 5) is 0. The first kappa shape index (κ1) is 12.0. The molecule has 0 spiro atoms. The maximum atomic E-state index is 9.21. The van der Waals surface area contributed by atoms with Crippen LogP contribution in [0.25, 0.3) is 0 Å². The summed E-state index contributed by atoms with van der Waals surface area (Å²) in [7, 11) is 0. The number of phenols is 1. The van der Waals surface area contributed by atoms with Crippen LogP contribution in [0.2, 0.25) is 0 Å². The predicted octanol–water partition coefficient (Wildman–Crippen LogP) is 2.13. The molecule has 1 atom stereocenters. The number of ether oxygens (including phenoxy) is 1. The fourth-order valence-electron chi connectivity index (χ4n) is 2.29. The van der Waals surface area contributed by atoms with Gasteiger partial charge < -0.3 is 15.2 Å². The molecule has 2 aromatic rings. The van der Waals surface area contributed by atoms with E-state index < -0.39 is 0 Å². The van der Waals surface area contributed by atoms with Crippen molar-refractivity contribution >= 4 is 0 Å². The van der Waals surface area contributed by atoms with E-state index in [2.05, 4.69) is 10.4 Å². The topological polar surface area (TPSA) is 59.3 Å². The van der Waals surface area contributed by atoms with Gasteiger partial charge in [0.25, 0.3) is 0 Å². The second kappa shape index (κ2) is 5.32. The smallest absolute Gasteiger partial charge is 0.165 e. The molecule has 2 heterocycles. The molecule has 0 saturated carbocycles. The zero-order chi connectivity index (χ0) is 13.1. The lowest BCUT2D eigenvalue weighted by molar-refractivity contribution is 0.459. The summed E-state index contributed by atoms with van der Waals surface area (Å²) in [6.45, 7) is 1.97. The number of phenolic OH excluding ortho intramolecular Hbond substituents is 1. The van der Waals surface area contributed by atoms with Crippen LogP contribution in [0.5, 0.6) is 17.2 Å². The number of nitrogens with zero attached hydrogens (tertiary/aromatic N) is 2. The van der Waals surface area contributed by atoms with Gasteiger partial charge in [0.1, 0.15) is 11.5 Å². The number of aromatic nitrogens is 2. The standard InChI is InChI=1S/C14H17N3O2/c18-12-3-5-13(6-4-12)19-14-8-16-17(10-14)9-11-2-1-7-15-11/h3-6,8,10-11,15,18H,1-2,7,9H2. The third-order valence-electron chi connectivity index (χ3n) is 3.25. The second-order valence-electron chi connectivity index (χ2n) is 4.79. The van der Waals surface area contributed by atoms with Crippen molar-refractivity contribution < 1.29 is 9.84 Å². The van der Waals surface area contributed by atoms with Gasteiger partial charge in [-0.3, -0.25) is 4.68 Å². The monoisotopic (exact) mass is 259 g/mol. The number of hydrogen-bond donors (Lipinski definition) is 2. The van der Waals surface area contributed by atoms with Crippen molar-refractivity contribution in [2.24, 2.45) is 0 Å². The Morgan fingerprint density at radius 1 is 1.32 bits per heavy atom. The minimum absolute atomic E-state index is 0.232. The molecule has 0 bridgehead atoms. The van der Waals surface area contributed by atoms with Gasteiger partial charge in [-0.15, -0.1) is 0 Å². The molecule has 5 nitrogen and oxygen atoms in total. The first-order valence-corrected chi connectivity index (χ1v) is 6.52. The number of rotatable bonds is 4. The van der Waals surface area contributed by atoms with Crippen LogP contribution in [0.1, 0.15) is 12.8 Å². The molecule has 5 heteroatoms. The number of nitrogens with one attached hydrogen (secondary N) is 1. The van der Waals surface area contributed by atoms with Gasteiger partial charge in [0.2, 0.25) is 0 Å². The molecule has 1 fully saturated rings. The summed E-state index contributed by atoms with van der Waals surface area (Å²) in [5, 5.41) is 16.9. The van der Waals surface area contributed by atoms with Gasteiger partial charge in [-0.25, -0.2) is 0 Å². The Morgan fingerprint density at radius 3 is 2.89 bits per heavy atom. The van der Waals surface area contributed by atoms with Crippen LogP contribution in [-0.2, 0) is 6.54 Å². The Balaban J connectivity index is 1.62. The van der Waals surface area contributed by atoms with Crippen LogP contribution in [0, 0.1) is 0 Å². The SMILES string of the molecule is Oc1ccc(Oc2cnn(CC3CCCN3)c2)cc1. The highest BCUT2D eigenvalue weighted by Crippen LogP contribution is 2.23. The molecule has 0 amide bonds. The van der Waals surface area contributed by atoms with Gasteiger partial charge in [0.15, 0.2) is 5.75 Å². The first-order chi connectivity index (χ1) is 9.29. The van der Waals surface area contributed by atoms with Gasteiger partial charge in [-0.1, -0.05) is 0 Å². The van der Waals surface area contributed by atoms with Crippen LogP contribution < -0.4 is 10.1 Å². The average Bonchev–Trinajstić information content (AvgIpc) is 3.05. The molecule has 1 saturated heterocycles. The fraction of sp³-hybridized carbons (Fsp3) is 0.357. The first-order valence-electron chi connectivity index (χ1n) is 6.52. The Labute approximate surface area is 111 Å². The van der Waals surface area contributed by atoms with Gasteiger partial charge in [0.05, 0.1) is 18.9 Å². The highest BCUT2D eigenvalue weighted by Gasteiger charge is 2.14. The van der Waals surface area contributed by atoms with Crippen LogP contribution in [0.3, 0.4) is 0 Å².